The van der Waals surface area contributed by atoms with Crippen molar-refractivity contribution in [1.82, 2.24) is 0 Å². The minimum atomic E-state index is -1.39. The van der Waals surface area contributed by atoms with E-state index in [1.807, 2.05) is 18.2 Å². The van der Waals surface area contributed by atoms with Gasteiger partial charge < -0.3 is 10.2 Å². The van der Waals surface area contributed by atoms with Crippen LogP contribution in [0.25, 0.3) is 10.8 Å². The van der Waals surface area contributed by atoms with Crippen LogP contribution in [0.15, 0.2) is 36.4 Å². The van der Waals surface area contributed by atoms with Crippen LogP contribution in [0.3, 0.4) is 0 Å². The van der Waals surface area contributed by atoms with E-state index < -0.39 is 6.29 Å². The molecule has 0 amide bonds. The third-order valence-corrected chi connectivity index (χ3v) is 2.01. The maximum Gasteiger partial charge on any atom is 0.178 e. The molecule has 2 N–H and O–H groups in total. The molecular weight excluding hydrogens is 164 g/mol. The molecule has 1 radical (unpaired) electrons. The Morgan fingerprint density at radius 3 is 2.69 bits per heavy atom. The predicted molar refractivity (Wildman–Crippen MR) is 50.0 cm³/mol. The lowest BCUT2D eigenvalue weighted by atomic mass is 10.1. The Labute approximate surface area is 76.1 Å². The van der Waals surface area contributed by atoms with Crippen LogP contribution in [0.1, 0.15) is 11.9 Å². The number of fused-ring (bicyclic) bond motifs is 1. The molecular formula is C11H9O2. The number of hydrogen-bond acceptors (Lipinski definition) is 2. The Bertz CT molecular complexity index is 421. The SMILES string of the molecule is OC(O)c1ccc2c[c]ccc2c1. The fourth-order valence-corrected chi connectivity index (χ4v) is 1.31. The molecule has 0 spiro atoms. The molecule has 13 heavy (non-hydrogen) atoms. The molecule has 0 unspecified atom stereocenters. The molecule has 2 heteroatoms. The third kappa shape index (κ3) is 1.54. The largest absolute Gasteiger partial charge is 0.364 e. The lowest BCUT2D eigenvalue weighted by Gasteiger charge is -2.04. The van der Waals surface area contributed by atoms with Crippen LogP contribution >= 0.6 is 0 Å². The fourth-order valence-electron chi connectivity index (χ4n) is 1.31. The summed E-state index contributed by atoms with van der Waals surface area (Å²) in [7, 11) is 0. The Morgan fingerprint density at radius 1 is 1.08 bits per heavy atom. The number of aliphatic hydroxyl groups is 2. The van der Waals surface area contributed by atoms with E-state index in [-0.39, 0.29) is 0 Å². The monoisotopic (exact) mass is 173 g/mol. The summed E-state index contributed by atoms with van der Waals surface area (Å²) in [6.45, 7) is 0. The maximum atomic E-state index is 8.93. The van der Waals surface area contributed by atoms with Crippen molar-refractivity contribution in [2.75, 3.05) is 0 Å². The van der Waals surface area contributed by atoms with Gasteiger partial charge in [0.15, 0.2) is 6.29 Å². The average Bonchev–Trinajstić information content (AvgIpc) is 2.17. The van der Waals surface area contributed by atoms with Crippen molar-refractivity contribution in [2.45, 2.75) is 6.29 Å². The highest BCUT2D eigenvalue weighted by molar-refractivity contribution is 5.82. The summed E-state index contributed by atoms with van der Waals surface area (Å²) in [5, 5.41) is 19.9. The fraction of sp³-hybridized carbons (Fsp3) is 0.0909. The number of rotatable bonds is 1. The van der Waals surface area contributed by atoms with E-state index in [4.69, 9.17) is 10.2 Å². The zero-order valence-corrected chi connectivity index (χ0v) is 6.94. The summed E-state index contributed by atoms with van der Waals surface area (Å²) < 4.78 is 0. The van der Waals surface area contributed by atoms with E-state index in [0.717, 1.165) is 10.8 Å². The zero-order chi connectivity index (χ0) is 9.26. The molecule has 0 aliphatic rings. The van der Waals surface area contributed by atoms with E-state index in [2.05, 4.69) is 6.07 Å². The van der Waals surface area contributed by atoms with E-state index in [1.165, 1.54) is 0 Å². The first-order valence-corrected chi connectivity index (χ1v) is 4.03. The lowest BCUT2D eigenvalue weighted by molar-refractivity contribution is -0.0423. The molecule has 2 aromatic rings. The Morgan fingerprint density at radius 2 is 1.92 bits per heavy atom. The zero-order valence-electron chi connectivity index (χ0n) is 6.94. The van der Waals surface area contributed by atoms with Crippen LogP contribution in [0.5, 0.6) is 0 Å². The van der Waals surface area contributed by atoms with Crippen LogP contribution in [-0.4, -0.2) is 10.2 Å². The van der Waals surface area contributed by atoms with Gasteiger partial charge in [-0.3, -0.25) is 0 Å². The van der Waals surface area contributed by atoms with Crippen LogP contribution in [0.2, 0.25) is 0 Å². The van der Waals surface area contributed by atoms with Crippen LogP contribution < -0.4 is 0 Å². The van der Waals surface area contributed by atoms with Crippen molar-refractivity contribution in [3.8, 4) is 0 Å². The van der Waals surface area contributed by atoms with E-state index in [0.29, 0.717) is 5.56 Å². The topological polar surface area (TPSA) is 40.5 Å². The molecule has 0 aromatic heterocycles. The van der Waals surface area contributed by atoms with Gasteiger partial charge >= 0.3 is 0 Å². The molecule has 0 bridgehead atoms. The van der Waals surface area contributed by atoms with Gasteiger partial charge in [0, 0.05) is 5.56 Å². The standard InChI is InChI=1S/C11H9O2/c12-11(13)10-6-5-8-3-1-2-4-9(8)7-10/h2-7,11-13H. The van der Waals surface area contributed by atoms with E-state index in [1.54, 1.807) is 18.2 Å². The van der Waals surface area contributed by atoms with Gasteiger partial charge in [-0.2, -0.15) is 0 Å². The second kappa shape index (κ2) is 3.17. The van der Waals surface area contributed by atoms with Gasteiger partial charge in [-0.05, 0) is 29.0 Å². The van der Waals surface area contributed by atoms with Gasteiger partial charge in [0.25, 0.3) is 0 Å². The summed E-state index contributed by atoms with van der Waals surface area (Å²) in [6.07, 6.45) is -1.39. The van der Waals surface area contributed by atoms with Crippen molar-refractivity contribution < 1.29 is 10.2 Å². The Hall–Kier alpha value is -1.38. The molecule has 2 aromatic carbocycles. The van der Waals surface area contributed by atoms with Gasteiger partial charge in [-0.1, -0.05) is 24.3 Å². The number of hydrogen-bond donors (Lipinski definition) is 2. The van der Waals surface area contributed by atoms with Crippen molar-refractivity contribution in [2.24, 2.45) is 0 Å². The van der Waals surface area contributed by atoms with Gasteiger partial charge in [-0.15, -0.1) is 0 Å². The van der Waals surface area contributed by atoms with Crippen LogP contribution in [0.4, 0.5) is 0 Å². The second-order valence-corrected chi connectivity index (χ2v) is 2.91. The summed E-state index contributed by atoms with van der Waals surface area (Å²) >= 11 is 0. The van der Waals surface area contributed by atoms with E-state index >= 15 is 0 Å². The van der Waals surface area contributed by atoms with Gasteiger partial charge in [0.2, 0.25) is 0 Å². The highest BCUT2D eigenvalue weighted by Crippen LogP contribution is 2.18. The summed E-state index contributed by atoms with van der Waals surface area (Å²) in [5.41, 5.74) is 0.513. The summed E-state index contributed by atoms with van der Waals surface area (Å²) in [6, 6.07) is 13.8. The minimum Gasteiger partial charge on any atom is -0.364 e. The molecule has 0 atom stereocenters. The molecule has 0 heterocycles. The highest BCUT2D eigenvalue weighted by Gasteiger charge is 2.02. The molecule has 0 fully saturated rings. The molecule has 0 saturated heterocycles. The number of aliphatic hydroxyl groups excluding tert-OH is 1. The Balaban J connectivity index is 2.62. The van der Waals surface area contributed by atoms with Gasteiger partial charge in [-0.25, -0.2) is 0 Å². The molecule has 0 saturated carbocycles. The second-order valence-electron chi connectivity index (χ2n) is 2.91. The Kier molecular flexibility index (Phi) is 2.00. The normalized spacial score (nSPS) is 11.0. The smallest absolute Gasteiger partial charge is 0.178 e. The number of benzene rings is 2. The molecule has 0 aliphatic heterocycles. The molecule has 65 valence electrons. The quantitative estimate of drug-likeness (QED) is 0.643. The molecule has 0 aliphatic carbocycles. The van der Waals surface area contributed by atoms with Crippen molar-refractivity contribution >= 4 is 10.8 Å². The predicted octanol–water partition coefficient (Wildman–Crippen LogP) is 1.62. The van der Waals surface area contributed by atoms with Crippen LogP contribution in [0, 0.1) is 6.07 Å². The van der Waals surface area contributed by atoms with Crippen molar-refractivity contribution in [3.63, 3.8) is 0 Å². The van der Waals surface area contributed by atoms with Crippen LogP contribution in [-0.2, 0) is 0 Å². The first-order chi connectivity index (χ1) is 6.27. The molecule has 2 rings (SSSR count). The van der Waals surface area contributed by atoms with Gasteiger partial charge in [0.05, 0.1) is 0 Å². The lowest BCUT2D eigenvalue weighted by Crippen LogP contribution is -1.93. The highest BCUT2D eigenvalue weighted by atomic mass is 16.5. The molecule has 2 nitrogen and oxygen atoms in total. The average molecular weight is 173 g/mol. The summed E-state index contributed by atoms with van der Waals surface area (Å²) in [5.74, 6) is 0. The first kappa shape index (κ1) is 8.23. The van der Waals surface area contributed by atoms with E-state index in [9.17, 15) is 0 Å². The van der Waals surface area contributed by atoms with Crippen molar-refractivity contribution in [3.05, 3.63) is 48.0 Å². The summed E-state index contributed by atoms with van der Waals surface area (Å²) in [4.78, 5) is 0. The third-order valence-electron chi connectivity index (χ3n) is 2.01. The first-order valence-electron chi connectivity index (χ1n) is 4.03. The maximum absolute atomic E-state index is 8.93. The minimum absolute atomic E-state index is 0.513. The van der Waals surface area contributed by atoms with Gasteiger partial charge in [0.1, 0.15) is 0 Å². The van der Waals surface area contributed by atoms with Crippen molar-refractivity contribution in [1.29, 1.82) is 0 Å².